The van der Waals surface area contributed by atoms with Gasteiger partial charge in [-0.3, -0.25) is 9.36 Å². The van der Waals surface area contributed by atoms with E-state index in [0.29, 0.717) is 19.4 Å². The molecule has 0 aliphatic rings. The Morgan fingerprint density at radius 3 is 2.61 bits per heavy atom. The van der Waals surface area contributed by atoms with Gasteiger partial charge in [0.2, 0.25) is 5.91 Å². The standard InChI is InChI=1S/C28H29ClN4O2S/c1-20(15-16-26(34)30-18-22-10-6-7-14-25(22)35-2)27-31-32-28(33(27)24-12-4-3-5-13-24)36-19-21-9-8-11-23(29)17-21/h3-14,17,20H,15-16,18-19H2,1-2H3,(H,30,34). The van der Waals surface area contributed by atoms with Crippen LogP contribution < -0.4 is 10.1 Å². The molecular weight excluding hydrogens is 492 g/mol. The number of nitrogens with one attached hydrogen (secondary N) is 1. The lowest BCUT2D eigenvalue weighted by Gasteiger charge is -2.15. The number of rotatable bonds is 11. The van der Waals surface area contributed by atoms with Crippen molar-refractivity contribution in [2.24, 2.45) is 0 Å². The number of benzene rings is 3. The number of carbonyl (C=O) groups excluding carboxylic acids is 1. The molecule has 0 radical (unpaired) electrons. The van der Waals surface area contributed by atoms with Crippen LogP contribution >= 0.6 is 23.4 Å². The zero-order valence-electron chi connectivity index (χ0n) is 20.4. The molecule has 0 fully saturated rings. The number of ether oxygens (including phenoxy) is 1. The maximum Gasteiger partial charge on any atom is 0.220 e. The van der Waals surface area contributed by atoms with Crippen LogP contribution in [-0.2, 0) is 17.1 Å². The molecule has 4 aromatic rings. The predicted molar refractivity (Wildman–Crippen MR) is 145 cm³/mol. The molecular formula is C28H29ClN4O2S. The number of amides is 1. The molecule has 0 saturated heterocycles. The lowest BCUT2D eigenvalue weighted by Crippen LogP contribution is -2.23. The van der Waals surface area contributed by atoms with Crippen molar-refractivity contribution < 1.29 is 9.53 Å². The number of para-hydroxylation sites is 2. The summed E-state index contributed by atoms with van der Waals surface area (Å²) in [4.78, 5) is 12.6. The van der Waals surface area contributed by atoms with Crippen LogP contribution in [-0.4, -0.2) is 27.8 Å². The fourth-order valence-corrected chi connectivity index (χ4v) is 5.01. The van der Waals surface area contributed by atoms with Crippen molar-refractivity contribution in [3.05, 3.63) is 101 Å². The molecule has 1 amide bonds. The van der Waals surface area contributed by atoms with E-state index in [-0.39, 0.29) is 11.8 Å². The average molecular weight is 521 g/mol. The quantitative estimate of drug-likeness (QED) is 0.231. The zero-order chi connectivity index (χ0) is 25.3. The number of thioether (sulfide) groups is 1. The van der Waals surface area contributed by atoms with E-state index in [1.807, 2.05) is 72.8 Å². The highest BCUT2D eigenvalue weighted by atomic mass is 35.5. The molecule has 1 aromatic heterocycles. The number of hydrogen-bond acceptors (Lipinski definition) is 5. The molecule has 186 valence electrons. The van der Waals surface area contributed by atoms with Gasteiger partial charge < -0.3 is 10.1 Å². The summed E-state index contributed by atoms with van der Waals surface area (Å²) >= 11 is 7.77. The second-order valence-corrected chi connectivity index (χ2v) is 9.84. The lowest BCUT2D eigenvalue weighted by molar-refractivity contribution is -0.121. The first-order valence-corrected chi connectivity index (χ1v) is 13.2. The van der Waals surface area contributed by atoms with Gasteiger partial charge >= 0.3 is 0 Å². The van der Waals surface area contributed by atoms with Gasteiger partial charge in [-0.15, -0.1) is 10.2 Å². The summed E-state index contributed by atoms with van der Waals surface area (Å²) in [6, 6.07) is 25.6. The van der Waals surface area contributed by atoms with Crippen LogP contribution in [0.5, 0.6) is 5.75 Å². The normalized spacial score (nSPS) is 11.8. The number of halogens is 1. The van der Waals surface area contributed by atoms with E-state index in [2.05, 4.69) is 33.1 Å². The van der Waals surface area contributed by atoms with Gasteiger partial charge in [-0.1, -0.05) is 78.8 Å². The molecule has 0 aliphatic heterocycles. The summed E-state index contributed by atoms with van der Waals surface area (Å²) in [6.07, 6.45) is 1.05. The van der Waals surface area contributed by atoms with Crippen LogP contribution in [0, 0.1) is 0 Å². The van der Waals surface area contributed by atoms with E-state index in [1.165, 1.54) is 0 Å². The molecule has 36 heavy (non-hydrogen) atoms. The minimum Gasteiger partial charge on any atom is -0.496 e. The molecule has 8 heteroatoms. The first kappa shape index (κ1) is 25.8. The molecule has 0 spiro atoms. The van der Waals surface area contributed by atoms with Gasteiger partial charge in [-0.25, -0.2) is 0 Å². The summed E-state index contributed by atoms with van der Waals surface area (Å²) in [6.45, 7) is 2.52. The van der Waals surface area contributed by atoms with Gasteiger partial charge in [0.1, 0.15) is 11.6 Å². The molecule has 1 atom stereocenters. The molecule has 0 bridgehead atoms. The molecule has 6 nitrogen and oxygen atoms in total. The third kappa shape index (κ3) is 6.68. The number of aromatic nitrogens is 3. The fourth-order valence-electron chi connectivity index (χ4n) is 3.90. The van der Waals surface area contributed by atoms with E-state index in [1.54, 1.807) is 18.9 Å². The van der Waals surface area contributed by atoms with Crippen molar-refractivity contribution in [2.75, 3.05) is 7.11 Å². The van der Waals surface area contributed by atoms with Crippen molar-refractivity contribution >= 4 is 29.3 Å². The Hall–Kier alpha value is -3.29. The third-order valence-electron chi connectivity index (χ3n) is 5.84. The summed E-state index contributed by atoms with van der Waals surface area (Å²) in [5, 5.41) is 13.6. The smallest absolute Gasteiger partial charge is 0.220 e. The largest absolute Gasteiger partial charge is 0.496 e. The summed E-state index contributed by atoms with van der Waals surface area (Å²) < 4.78 is 7.46. The lowest BCUT2D eigenvalue weighted by atomic mass is 10.0. The van der Waals surface area contributed by atoms with Crippen LogP contribution in [0.4, 0.5) is 0 Å². The van der Waals surface area contributed by atoms with E-state index in [9.17, 15) is 4.79 Å². The number of hydrogen-bond donors (Lipinski definition) is 1. The molecule has 4 rings (SSSR count). The second kappa shape index (κ2) is 12.6. The molecule has 3 aromatic carbocycles. The van der Waals surface area contributed by atoms with Gasteiger partial charge in [0.25, 0.3) is 0 Å². The fraction of sp³-hybridized carbons (Fsp3) is 0.250. The van der Waals surface area contributed by atoms with Crippen molar-refractivity contribution in [1.29, 1.82) is 0 Å². The van der Waals surface area contributed by atoms with Crippen LogP contribution in [0.15, 0.2) is 84.0 Å². The van der Waals surface area contributed by atoms with Crippen LogP contribution in [0.3, 0.4) is 0 Å². The maximum absolute atomic E-state index is 12.6. The highest BCUT2D eigenvalue weighted by molar-refractivity contribution is 7.98. The number of carbonyl (C=O) groups is 1. The SMILES string of the molecule is COc1ccccc1CNC(=O)CCC(C)c1nnc(SCc2cccc(Cl)c2)n1-c1ccccc1. The van der Waals surface area contributed by atoms with Crippen LogP contribution in [0.1, 0.15) is 42.6 Å². The maximum atomic E-state index is 12.6. The van der Waals surface area contributed by atoms with E-state index in [0.717, 1.165) is 44.3 Å². The number of nitrogens with zero attached hydrogens (tertiary/aromatic N) is 3. The van der Waals surface area contributed by atoms with Crippen molar-refractivity contribution in [1.82, 2.24) is 20.1 Å². The minimum atomic E-state index is -0.00547. The molecule has 1 unspecified atom stereocenters. The zero-order valence-corrected chi connectivity index (χ0v) is 21.9. The molecule has 0 saturated carbocycles. The Labute approximate surface area is 221 Å². The average Bonchev–Trinajstić information content (AvgIpc) is 3.34. The van der Waals surface area contributed by atoms with E-state index < -0.39 is 0 Å². The third-order valence-corrected chi connectivity index (χ3v) is 7.08. The van der Waals surface area contributed by atoms with Crippen molar-refractivity contribution in [2.45, 2.75) is 43.1 Å². The minimum absolute atomic E-state index is 0.00547. The molecule has 1 N–H and O–H groups in total. The van der Waals surface area contributed by atoms with E-state index >= 15 is 0 Å². The predicted octanol–water partition coefficient (Wildman–Crippen LogP) is 6.42. The van der Waals surface area contributed by atoms with Gasteiger partial charge in [0.15, 0.2) is 5.16 Å². The first-order chi connectivity index (χ1) is 17.5. The van der Waals surface area contributed by atoms with Crippen molar-refractivity contribution in [3.8, 4) is 11.4 Å². The molecule has 1 heterocycles. The second-order valence-electron chi connectivity index (χ2n) is 8.46. The van der Waals surface area contributed by atoms with Gasteiger partial charge in [-0.2, -0.15) is 0 Å². The number of methoxy groups -OCH3 is 1. The Kier molecular flexibility index (Phi) is 9.03. The highest BCUT2D eigenvalue weighted by Crippen LogP contribution is 2.30. The topological polar surface area (TPSA) is 69.0 Å². The van der Waals surface area contributed by atoms with E-state index in [4.69, 9.17) is 16.3 Å². The monoisotopic (exact) mass is 520 g/mol. The Bertz CT molecular complexity index is 1300. The van der Waals surface area contributed by atoms with Crippen LogP contribution in [0.25, 0.3) is 5.69 Å². The van der Waals surface area contributed by atoms with Crippen molar-refractivity contribution in [3.63, 3.8) is 0 Å². The molecule has 0 aliphatic carbocycles. The summed E-state index contributed by atoms with van der Waals surface area (Å²) in [5.41, 5.74) is 3.07. The van der Waals surface area contributed by atoms with Crippen LogP contribution in [0.2, 0.25) is 5.02 Å². The Balaban J connectivity index is 1.43. The summed E-state index contributed by atoms with van der Waals surface area (Å²) in [5.74, 6) is 2.37. The Morgan fingerprint density at radius 1 is 1.06 bits per heavy atom. The Morgan fingerprint density at radius 2 is 1.83 bits per heavy atom. The summed E-state index contributed by atoms with van der Waals surface area (Å²) in [7, 11) is 1.63. The van der Waals surface area contributed by atoms with Gasteiger partial charge in [-0.05, 0) is 42.3 Å². The van der Waals surface area contributed by atoms with Gasteiger partial charge in [0, 0.05) is 40.9 Å². The highest BCUT2D eigenvalue weighted by Gasteiger charge is 2.20. The first-order valence-electron chi connectivity index (χ1n) is 11.8. The van der Waals surface area contributed by atoms with Gasteiger partial charge in [0.05, 0.1) is 7.11 Å².